The second kappa shape index (κ2) is 7.55. The summed E-state index contributed by atoms with van der Waals surface area (Å²) in [7, 11) is 0. The molecule has 1 aromatic rings. The highest BCUT2D eigenvalue weighted by Gasteiger charge is 2.38. The summed E-state index contributed by atoms with van der Waals surface area (Å²) in [5, 5.41) is 3.97. The number of carbonyl (C=O) groups excluding carboxylic acids is 2. The lowest BCUT2D eigenvalue weighted by Crippen LogP contribution is -2.41. The van der Waals surface area contributed by atoms with Crippen LogP contribution in [0.5, 0.6) is 0 Å². The largest absolute Gasteiger partial charge is 0.471 e. The van der Waals surface area contributed by atoms with Gasteiger partial charge in [0, 0.05) is 24.5 Å². The molecule has 2 amide bonds. The minimum atomic E-state index is -4.99. The molecule has 2 N–H and O–H groups in total. The van der Waals surface area contributed by atoms with Gasteiger partial charge in [-0.25, -0.2) is 0 Å². The number of piperidine rings is 1. The fraction of sp³-hybridized carbons (Fsp3) is 0.500. The molecule has 1 aliphatic rings. The van der Waals surface area contributed by atoms with Crippen LogP contribution in [0.2, 0.25) is 0 Å². The number of alkyl halides is 3. The van der Waals surface area contributed by atoms with Gasteiger partial charge in [-0.1, -0.05) is 6.92 Å². The van der Waals surface area contributed by atoms with E-state index in [9.17, 15) is 22.8 Å². The Morgan fingerprint density at radius 3 is 2.29 bits per heavy atom. The van der Waals surface area contributed by atoms with Crippen molar-refractivity contribution in [2.24, 2.45) is 5.92 Å². The van der Waals surface area contributed by atoms with E-state index in [1.807, 2.05) is 12.1 Å². The molecular formula is C16H20F3N3O2. The van der Waals surface area contributed by atoms with Crippen LogP contribution in [0.25, 0.3) is 0 Å². The Balaban J connectivity index is 1.83. The van der Waals surface area contributed by atoms with E-state index in [1.165, 1.54) is 5.32 Å². The Labute approximate surface area is 138 Å². The number of rotatable bonds is 4. The van der Waals surface area contributed by atoms with Crippen molar-refractivity contribution in [2.75, 3.05) is 29.9 Å². The van der Waals surface area contributed by atoms with Crippen LogP contribution in [0.3, 0.4) is 0 Å². The highest BCUT2D eigenvalue weighted by Crippen LogP contribution is 2.24. The maximum atomic E-state index is 12.0. The van der Waals surface area contributed by atoms with E-state index in [1.54, 1.807) is 12.1 Å². The maximum absolute atomic E-state index is 12.0. The minimum Gasteiger partial charge on any atom is -0.372 e. The Bertz CT molecular complexity index is 579. The van der Waals surface area contributed by atoms with E-state index in [-0.39, 0.29) is 0 Å². The molecule has 0 radical (unpaired) electrons. The van der Waals surface area contributed by atoms with Crippen LogP contribution in [-0.2, 0) is 9.59 Å². The van der Waals surface area contributed by atoms with Crippen LogP contribution in [0.4, 0.5) is 24.5 Å². The number of hydrogen-bond donors (Lipinski definition) is 2. The predicted octanol–water partition coefficient (Wildman–Crippen LogP) is 2.54. The van der Waals surface area contributed by atoms with Crippen molar-refractivity contribution in [1.82, 2.24) is 5.32 Å². The van der Waals surface area contributed by atoms with Gasteiger partial charge >= 0.3 is 12.1 Å². The zero-order valence-corrected chi connectivity index (χ0v) is 13.3. The van der Waals surface area contributed by atoms with Crippen molar-refractivity contribution < 1.29 is 22.8 Å². The normalized spacial score (nSPS) is 15.9. The molecule has 0 unspecified atom stereocenters. The molecule has 1 fully saturated rings. The number of nitrogens with one attached hydrogen (secondary N) is 2. The van der Waals surface area contributed by atoms with E-state index in [4.69, 9.17) is 0 Å². The molecule has 0 aliphatic carbocycles. The average molecular weight is 343 g/mol. The predicted molar refractivity (Wildman–Crippen MR) is 84.7 cm³/mol. The third-order valence-electron chi connectivity index (χ3n) is 3.97. The molecule has 0 atom stereocenters. The molecule has 5 nitrogen and oxygen atoms in total. The quantitative estimate of drug-likeness (QED) is 0.883. The van der Waals surface area contributed by atoms with E-state index in [2.05, 4.69) is 17.1 Å². The summed E-state index contributed by atoms with van der Waals surface area (Å²) < 4.78 is 36.1. The summed E-state index contributed by atoms with van der Waals surface area (Å²) >= 11 is 0. The zero-order valence-electron chi connectivity index (χ0n) is 13.3. The van der Waals surface area contributed by atoms with Crippen LogP contribution in [-0.4, -0.2) is 37.6 Å². The van der Waals surface area contributed by atoms with Crippen LogP contribution in [0.15, 0.2) is 24.3 Å². The van der Waals surface area contributed by atoms with Crippen molar-refractivity contribution in [1.29, 1.82) is 0 Å². The molecule has 1 saturated heterocycles. The van der Waals surface area contributed by atoms with Gasteiger partial charge in [0.15, 0.2) is 0 Å². The number of nitrogens with zero attached hydrogens (tertiary/aromatic N) is 1. The van der Waals surface area contributed by atoms with E-state index >= 15 is 0 Å². The zero-order chi connectivity index (χ0) is 17.7. The molecule has 1 aromatic carbocycles. The monoisotopic (exact) mass is 343 g/mol. The first kappa shape index (κ1) is 18.1. The number of benzene rings is 1. The minimum absolute atomic E-state index is 0.468. The standard InChI is InChI=1S/C16H20F3N3O2/c1-11-6-8-22(9-7-11)13-4-2-12(3-5-13)21-14(23)10-20-15(24)16(17,18)19/h2-5,11H,6-10H2,1H3,(H,20,24)(H,21,23). The maximum Gasteiger partial charge on any atom is 0.471 e. The topological polar surface area (TPSA) is 61.4 Å². The Morgan fingerprint density at radius 1 is 1.17 bits per heavy atom. The van der Waals surface area contributed by atoms with Crippen molar-refractivity contribution in [2.45, 2.75) is 25.9 Å². The van der Waals surface area contributed by atoms with Gasteiger partial charge in [0.05, 0.1) is 6.54 Å². The number of halogens is 3. The number of carbonyl (C=O) groups is 2. The first-order chi connectivity index (χ1) is 11.3. The second-order valence-electron chi connectivity index (χ2n) is 5.95. The molecule has 0 spiro atoms. The van der Waals surface area contributed by atoms with Crippen molar-refractivity contribution in [3.63, 3.8) is 0 Å². The Kier molecular flexibility index (Phi) is 5.69. The molecule has 0 bridgehead atoms. The lowest BCUT2D eigenvalue weighted by atomic mass is 9.99. The fourth-order valence-corrected chi connectivity index (χ4v) is 2.49. The van der Waals surface area contributed by atoms with Crippen molar-refractivity contribution in [3.8, 4) is 0 Å². The molecule has 1 heterocycles. The highest BCUT2D eigenvalue weighted by atomic mass is 19.4. The van der Waals surface area contributed by atoms with Gasteiger partial charge in [-0.15, -0.1) is 0 Å². The Morgan fingerprint density at radius 2 is 1.75 bits per heavy atom. The average Bonchev–Trinajstić information content (AvgIpc) is 2.53. The van der Waals surface area contributed by atoms with Gasteiger partial charge in [-0.2, -0.15) is 13.2 Å². The molecule has 0 saturated carbocycles. The summed E-state index contributed by atoms with van der Waals surface area (Å²) in [6.45, 7) is 3.46. The SMILES string of the molecule is CC1CCN(c2ccc(NC(=O)CNC(=O)C(F)(F)F)cc2)CC1. The lowest BCUT2D eigenvalue weighted by molar-refractivity contribution is -0.173. The molecule has 24 heavy (non-hydrogen) atoms. The summed E-state index contributed by atoms with van der Waals surface area (Å²) in [6.07, 6.45) is -2.72. The highest BCUT2D eigenvalue weighted by molar-refractivity contribution is 5.95. The number of amides is 2. The lowest BCUT2D eigenvalue weighted by Gasteiger charge is -2.32. The third kappa shape index (κ3) is 5.14. The number of hydrogen-bond acceptors (Lipinski definition) is 3. The number of anilines is 2. The van der Waals surface area contributed by atoms with Gasteiger partial charge in [-0.3, -0.25) is 9.59 Å². The van der Waals surface area contributed by atoms with Crippen LogP contribution in [0, 0.1) is 5.92 Å². The first-order valence-corrected chi connectivity index (χ1v) is 7.75. The van der Waals surface area contributed by atoms with Gasteiger partial charge < -0.3 is 15.5 Å². The summed E-state index contributed by atoms with van der Waals surface area (Å²) in [5.74, 6) is -2.12. The smallest absolute Gasteiger partial charge is 0.372 e. The molecular weight excluding hydrogens is 323 g/mol. The third-order valence-corrected chi connectivity index (χ3v) is 3.97. The summed E-state index contributed by atoms with van der Waals surface area (Å²) in [5.41, 5.74) is 1.51. The van der Waals surface area contributed by atoms with Crippen molar-refractivity contribution in [3.05, 3.63) is 24.3 Å². The molecule has 1 aliphatic heterocycles. The first-order valence-electron chi connectivity index (χ1n) is 7.75. The summed E-state index contributed by atoms with van der Waals surface area (Å²) in [4.78, 5) is 24.5. The van der Waals surface area contributed by atoms with Gasteiger partial charge in [-0.05, 0) is 43.0 Å². The van der Waals surface area contributed by atoms with E-state index in [0.717, 1.165) is 37.5 Å². The van der Waals surface area contributed by atoms with Crippen LogP contribution in [0.1, 0.15) is 19.8 Å². The summed E-state index contributed by atoms with van der Waals surface area (Å²) in [6, 6.07) is 7.10. The van der Waals surface area contributed by atoms with Crippen molar-refractivity contribution >= 4 is 23.2 Å². The Hall–Kier alpha value is -2.25. The second-order valence-corrected chi connectivity index (χ2v) is 5.95. The fourth-order valence-electron chi connectivity index (χ4n) is 2.49. The molecule has 2 rings (SSSR count). The molecule has 8 heteroatoms. The van der Waals surface area contributed by atoms with Gasteiger partial charge in [0.2, 0.25) is 5.91 Å². The van der Waals surface area contributed by atoms with Gasteiger partial charge in [0.1, 0.15) is 0 Å². The molecule has 132 valence electrons. The molecule has 0 aromatic heterocycles. The van der Waals surface area contributed by atoms with E-state index < -0.39 is 24.5 Å². The van der Waals surface area contributed by atoms with E-state index in [0.29, 0.717) is 5.69 Å². The van der Waals surface area contributed by atoms with Gasteiger partial charge in [0.25, 0.3) is 0 Å². The van der Waals surface area contributed by atoms with Crippen LogP contribution >= 0.6 is 0 Å². The van der Waals surface area contributed by atoms with Crippen LogP contribution < -0.4 is 15.5 Å².